The molecule has 2 rings (SSSR count). The second kappa shape index (κ2) is 9.47. The van der Waals surface area contributed by atoms with Crippen LogP contribution in [0.15, 0.2) is 42.5 Å². The molecule has 0 bridgehead atoms. The molecule has 1 N–H and O–H groups in total. The van der Waals surface area contributed by atoms with Crippen LogP contribution in [0.4, 0.5) is 0 Å². The highest BCUT2D eigenvalue weighted by Crippen LogP contribution is 2.17. The molecular formula is C20H26N2O2S. The second-order valence-corrected chi connectivity index (χ2v) is 7.12. The number of rotatable bonds is 8. The van der Waals surface area contributed by atoms with Crippen LogP contribution in [0.2, 0.25) is 0 Å². The maximum absolute atomic E-state index is 12.8. The van der Waals surface area contributed by atoms with Crippen molar-refractivity contribution in [3.63, 3.8) is 0 Å². The number of amides is 2. The van der Waals surface area contributed by atoms with Crippen molar-refractivity contribution in [2.75, 3.05) is 19.1 Å². The molecule has 2 aromatic carbocycles. The van der Waals surface area contributed by atoms with Crippen molar-refractivity contribution in [3.05, 3.63) is 48.0 Å². The number of carbonyl (C=O) groups excluding carboxylic acids is 2. The average molecular weight is 359 g/mol. The molecule has 25 heavy (non-hydrogen) atoms. The summed E-state index contributed by atoms with van der Waals surface area (Å²) in [6, 6.07) is 14.0. The van der Waals surface area contributed by atoms with E-state index in [1.54, 1.807) is 30.6 Å². The van der Waals surface area contributed by atoms with E-state index in [4.69, 9.17) is 0 Å². The number of nitrogens with one attached hydrogen (secondary N) is 1. The predicted molar refractivity (Wildman–Crippen MR) is 106 cm³/mol. The molecule has 1 atom stereocenters. The van der Waals surface area contributed by atoms with E-state index in [9.17, 15) is 9.59 Å². The van der Waals surface area contributed by atoms with Gasteiger partial charge in [0.2, 0.25) is 11.8 Å². The fraction of sp³-hybridized carbons (Fsp3) is 0.400. The molecule has 2 amide bonds. The van der Waals surface area contributed by atoms with Gasteiger partial charge in [-0.25, -0.2) is 0 Å². The number of fused-ring (bicyclic) bond motifs is 1. The van der Waals surface area contributed by atoms with E-state index in [1.807, 2.05) is 24.5 Å². The van der Waals surface area contributed by atoms with Gasteiger partial charge < -0.3 is 10.2 Å². The third-order valence-electron chi connectivity index (χ3n) is 4.17. The van der Waals surface area contributed by atoms with Crippen LogP contribution in [-0.4, -0.2) is 41.8 Å². The Morgan fingerprint density at radius 1 is 1.16 bits per heavy atom. The molecule has 2 aromatic rings. The van der Waals surface area contributed by atoms with Gasteiger partial charge in [0, 0.05) is 20.0 Å². The molecule has 0 aliphatic heterocycles. The third kappa shape index (κ3) is 5.49. The average Bonchev–Trinajstić information content (AvgIpc) is 2.64. The third-order valence-corrected chi connectivity index (χ3v) is 4.82. The fourth-order valence-electron chi connectivity index (χ4n) is 2.74. The van der Waals surface area contributed by atoms with E-state index in [0.29, 0.717) is 19.4 Å². The minimum absolute atomic E-state index is 0.0380. The van der Waals surface area contributed by atoms with Gasteiger partial charge in [-0.3, -0.25) is 9.59 Å². The van der Waals surface area contributed by atoms with Crippen LogP contribution in [0.3, 0.4) is 0 Å². The Balaban J connectivity index is 2.08. The molecule has 0 saturated heterocycles. The number of likely N-dealkylation sites (N-methyl/N-ethyl adjacent to an activating group) is 1. The smallest absolute Gasteiger partial charge is 0.245 e. The van der Waals surface area contributed by atoms with Gasteiger partial charge in [0.05, 0.1) is 0 Å². The Labute approximate surface area is 154 Å². The van der Waals surface area contributed by atoms with Crippen molar-refractivity contribution in [2.24, 2.45) is 0 Å². The molecule has 5 heteroatoms. The number of hydrogen-bond donors (Lipinski definition) is 1. The van der Waals surface area contributed by atoms with E-state index in [2.05, 4.69) is 29.6 Å². The monoisotopic (exact) mass is 358 g/mol. The van der Waals surface area contributed by atoms with E-state index in [1.165, 1.54) is 10.8 Å². The van der Waals surface area contributed by atoms with Crippen LogP contribution in [-0.2, 0) is 16.1 Å². The molecular weight excluding hydrogens is 332 g/mol. The van der Waals surface area contributed by atoms with Crippen molar-refractivity contribution in [1.82, 2.24) is 10.2 Å². The summed E-state index contributed by atoms with van der Waals surface area (Å²) in [7, 11) is 1.79. The zero-order chi connectivity index (χ0) is 18.2. The topological polar surface area (TPSA) is 49.4 Å². The highest BCUT2D eigenvalue weighted by atomic mass is 32.2. The number of carbonyl (C=O) groups is 2. The first-order valence-electron chi connectivity index (χ1n) is 8.56. The lowest BCUT2D eigenvalue weighted by Crippen LogP contribution is -2.47. The van der Waals surface area contributed by atoms with Crippen molar-refractivity contribution < 1.29 is 9.59 Å². The molecule has 0 saturated carbocycles. The highest BCUT2D eigenvalue weighted by molar-refractivity contribution is 7.98. The van der Waals surface area contributed by atoms with Crippen molar-refractivity contribution in [2.45, 2.75) is 32.4 Å². The van der Waals surface area contributed by atoms with Crippen LogP contribution < -0.4 is 5.32 Å². The Kier molecular flexibility index (Phi) is 7.31. The highest BCUT2D eigenvalue weighted by Gasteiger charge is 2.23. The minimum atomic E-state index is -0.453. The normalized spacial score (nSPS) is 12.0. The zero-order valence-electron chi connectivity index (χ0n) is 15.1. The molecule has 0 radical (unpaired) electrons. The van der Waals surface area contributed by atoms with E-state index in [-0.39, 0.29) is 11.8 Å². The summed E-state index contributed by atoms with van der Waals surface area (Å²) in [5, 5.41) is 5.21. The Bertz CT molecular complexity index is 732. The van der Waals surface area contributed by atoms with Crippen molar-refractivity contribution in [3.8, 4) is 0 Å². The van der Waals surface area contributed by atoms with Gasteiger partial charge in [-0.1, -0.05) is 43.3 Å². The number of hydrogen-bond acceptors (Lipinski definition) is 3. The lowest BCUT2D eigenvalue weighted by atomic mass is 10.1. The summed E-state index contributed by atoms with van der Waals surface area (Å²) in [6.45, 7) is 2.33. The Hall–Kier alpha value is -2.01. The molecule has 0 aromatic heterocycles. The fourth-order valence-corrected chi connectivity index (χ4v) is 3.22. The standard InChI is InChI=1S/C20H26N2O2S/c1-4-19(23)21-18(11-12-25-3)20(24)22(2)14-15-9-10-16-7-5-6-8-17(16)13-15/h5-10,13,18H,4,11-12,14H2,1-3H3,(H,21,23)/t18-/m1/s1. The predicted octanol–water partition coefficient (Wildman–Crippen LogP) is 3.45. The molecule has 0 spiro atoms. The largest absolute Gasteiger partial charge is 0.344 e. The first kappa shape index (κ1) is 19.3. The van der Waals surface area contributed by atoms with Crippen LogP contribution in [0.25, 0.3) is 10.8 Å². The second-order valence-electron chi connectivity index (χ2n) is 6.13. The molecule has 0 aliphatic rings. The first-order chi connectivity index (χ1) is 12.0. The van der Waals surface area contributed by atoms with Crippen LogP contribution in [0.1, 0.15) is 25.3 Å². The van der Waals surface area contributed by atoms with Gasteiger partial charge in [-0.05, 0) is 40.8 Å². The molecule has 134 valence electrons. The van der Waals surface area contributed by atoms with Gasteiger partial charge in [-0.2, -0.15) is 11.8 Å². The summed E-state index contributed by atoms with van der Waals surface area (Å²) >= 11 is 1.68. The summed E-state index contributed by atoms with van der Waals surface area (Å²) in [6.07, 6.45) is 3.03. The zero-order valence-corrected chi connectivity index (χ0v) is 15.9. The Morgan fingerprint density at radius 3 is 2.56 bits per heavy atom. The van der Waals surface area contributed by atoms with Gasteiger partial charge in [-0.15, -0.1) is 0 Å². The first-order valence-corrected chi connectivity index (χ1v) is 9.95. The van der Waals surface area contributed by atoms with Gasteiger partial charge in [0.1, 0.15) is 6.04 Å². The molecule has 0 heterocycles. The summed E-state index contributed by atoms with van der Waals surface area (Å²) in [5.41, 5.74) is 1.08. The summed E-state index contributed by atoms with van der Waals surface area (Å²) < 4.78 is 0. The SMILES string of the molecule is CCC(=O)N[C@H](CCSC)C(=O)N(C)Cc1ccc2ccccc2c1. The molecule has 0 unspecified atom stereocenters. The molecule has 0 aliphatic carbocycles. The van der Waals surface area contributed by atoms with Crippen molar-refractivity contribution in [1.29, 1.82) is 0 Å². The van der Waals surface area contributed by atoms with Crippen LogP contribution in [0, 0.1) is 0 Å². The maximum atomic E-state index is 12.8. The molecule has 4 nitrogen and oxygen atoms in total. The maximum Gasteiger partial charge on any atom is 0.245 e. The minimum Gasteiger partial charge on any atom is -0.344 e. The van der Waals surface area contributed by atoms with E-state index < -0.39 is 6.04 Å². The number of benzene rings is 2. The van der Waals surface area contributed by atoms with E-state index in [0.717, 1.165) is 11.3 Å². The van der Waals surface area contributed by atoms with Gasteiger partial charge in [0.15, 0.2) is 0 Å². The lowest BCUT2D eigenvalue weighted by molar-refractivity contribution is -0.135. The van der Waals surface area contributed by atoms with Gasteiger partial charge in [0.25, 0.3) is 0 Å². The summed E-state index contributed by atoms with van der Waals surface area (Å²) in [4.78, 5) is 26.2. The Morgan fingerprint density at radius 2 is 1.88 bits per heavy atom. The van der Waals surface area contributed by atoms with Gasteiger partial charge >= 0.3 is 0 Å². The van der Waals surface area contributed by atoms with Crippen molar-refractivity contribution >= 4 is 34.3 Å². The molecule has 0 fully saturated rings. The lowest BCUT2D eigenvalue weighted by Gasteiger charge is -2.24. The number of nitrogens with zero attached hydrogens (tertiary/aromatic N) is 1. The number of thioether (sulfide) groups is 1. The quantitative estimate of drug-likeness (QED) is 0.786. The van der Waals surface area contributed by atoms with E-state index >= 15 is 0 Å². The summed E-state index contributed by atoms with van der Waals surface area (Å²) in [5.74, 6) is 0.715. The van der Waals surface area contributed by atoms with Crippen LogP contribution in [0.5, 0.6) is 0 Å². The van der Waals surface area contributed by atoms with Crippen LogP contribution >= 0.6 is 11.8 Å².